The van der Waals surface area contributed by atoms with E-state index in [0.29, 0.717) is 5.11 Å². The van der Waals surface area contributed by atoms with E-state index in [1.54, 1.807) is 0 Å². The van der Waals surface area contributed by atoms with Crippen molar-refractivity contribution in [2.24, 2.45) is 0 Å². The molecule has 2 aromatic carbocycles. The van der Waals surface area contributed by atoms with Gasteiger partial charge in [0, 0.05) is 45.3 Å². The molecule has 0 saturated heterocycles. The van der Waals surface area contributed by atoms with Gasteiger partial charge >= 0.3 is 0 Å². The summed E-state index contributed by atoms with van der Waals surface area (Å²) in [5.41, 5.74) is 8.81. The van der Waals surface area contributed by atoms with Gasteiger partial charge in [-0.25, -0.2) is 0 Å². The van der Waals surface area contributed by atoms with Gasteiger partial charge in [-0.2, -0.15) is 0 Å². The van der Waals surface area contributed by atoms with Crippen LogP contribution in [0.5, 0.6) is 0 Å². The third kappa shape index (κ3) is 4.01. The molecule has 4 rings (SSSR count). The number of thiocarbonyl (C=S) groups is 1. The molecule has 0 aromatic heterocycles. The predicted octanol–water partition coefficient (Wildman–Crippen LogP) is 4.47. The summed E-state index contributed by atoms with van der Waals surface area (Å²) in [5.74, 6) is 0. The first-order valence-corrected chi connectivity index (χ1v) is 10.4. The quantitative estimate of drug-likeness (QED) is 0.735. The second-order valence-corrected chi connectivity index (χ2v) is 8.48. The number of allylic oxidation sites excluding steroid dienone is 1. The van der Waals surface area contributed by atoms with Crippen molar-refractivity contribution in [2.75, 3.05) is 38.0 Å². The third-order valence-corrected chi connectivity index (χ3v) is 5.88. The fourth-order valence-electron chi connectivity index (χ4n) is 4.01. The van der Waals surface area contributed by atoms with Crippen LogP contribution in [0.1, 0.15) is 30.0 Å². The van der Waals surface area contributed by atoms with Gasteiger partial charge in [0.15, 0.2) is 5.11 Å². The molecule has 0 amide bonds. The van der Waals surface area contributed by atoms with Crippen LogP contribution in [0.4, 0.5) is 11.4 Å². The average molecular weight is 405 g/mol. The fraction of sp³-hybridized carbons (Fsp3) is 0.292. The lowest BCUT2D eigenvalue weighted by molar-refractivity contribution is 0.683. The van der Waals surface area contributed by atoms with Gasteiger partial charge in [-0.05, 0) is 77.7 Å². The first-order chi connectivity index (χ1) is 13.9. The Balaban J connectivity index is 1.64. The van der Waals surface area contributed by atoms with Crippen LogP contribution < -0.4 is 20.4 Å². The second kappa shape index (κ2) is 7.91. The first kappa shape index (κ1) is 19.5. The maximum atomic E-state index is 5.54. The van der Waals surface area contributed by atoms with Crippen LogP contribution in [0.2, 0.25) is 0 Å². The zero-order chi connectivity index (χ0) is 20.5. The molecule has 0 radical (unpaired) electrons. The molecule has 29 heavy (non-hydrogen) atoms. The molecule has 1 heterocycles. The Morgan fingerprint density at radius 1 is 0.862 bits per heavy atom. The number of benzene rings is 2. The molecule has 0 spiro atoms. The van der Waals surface area contributed by atoms with E-state index in [1.165, 1.54) is 39.3 Å². The number of hydrogen-bond donors (Lipinski definition) is 2. The summed E-state index contributed by atoms with van der Waals surface area (Å²) in [6, 6.07) is 17.5. The minimum atomic E-state index is 0.136. The Hall–Kier alpha value is -2.79. The Morgan fingerprint density at radius 2 is 1.45 bits per heavy atom. The van der Waals surface area contributed by atoms with Crippen molar-refractivity contribution in [2.45, 2.75) is 18.9 Å². The minimum Gasteiger partial charge on any atom is -0.378 e. The molecule has 1 atom stereocenters. The average Bonchev–Trinajstić information content (AvgIpc) is 3.10. The summed E-state index contributed by atoms with van der Waals surface area (Å²) in [6.45, 7) is 0. The maximum Gasteiger partial charge on any atom is 0.171 e. The SMILES string of the molecule is CN(C)c1ccc(/C=C2\CCC3=C2NC(=S)NC3c2ccc(N(C)C)cc2)cc1. The predicted molar refractivity (Wildman–Crippen MR) is 127 cm³/mol. The van der Waals surface area contributed by atoms with E-state index in [0.717, 1.165) is 12.8 Å². The smallest absolute Gasteiger partial charge is 0.171 e. The van der Waals surface area contributed by atoms with Crippen molar-refractivity contribution >= 4 is 34.8 Å². The molecule has 0 bridgehead atoms. The van der Waals surface area contributed by atoms with Crippen LogP contribution in [-0.2, 0) is 0 Å². The lowest BCUT2D eigenvalue weighted by Crippen LogP contribution is -2.42. The zero-order valence-electron chi connectivity index (χ0n) is 17.5. The molecule has 2 aromatic rings. The molecule has 1 unspecified atom stereocenters. The van der Waals surface area contributed by atoms with Crippen molar-refractivity contribution in [3.05, 3.63) is 76.5 Å². The highest BCUT2D eigenvalue weighted by atomic mass is 32.1. The van der Waals surface area contributed by atoms with Gasteiger partial charge in [0.25, 0.3) is 0 Å². The first-order valence-electron chi connectivity index (χ1n) is 9.98. The molecule has 150 valence electrons. The molecule has 1 aliphatic heterocycles. The van der Waals surface area contributed by atoms with Crippen molar-refractivity contribution in [1.29, 1.82) is 0 Å². The van der Waals surface area contributed by atoms with Crippen molar-refractivity contribution in [3.8, 4) is 0 Å². The minimum absolute atomic E-state index is 0.136. The van der Waals surface area contributed by atoms with Crippen LogP contribution in [0, 0.1) is 0 Å². The highest BCUT2D eigenvalue weighted by Gasteiger charge is 2.32. The Labute approximate surface area is 178 Å². The lowest BCUT2D eigenvalue weighted by atomic mass is 9.96. The van der Waals surface area contributed by atoms with Crippen LogP contribution in [0.3, 0.4) is 0 Å². The molecule has 2 N–H and O–H groups in total. The molecule has 4 nitrogen and oxygen atoms in total. The van der Waals surface area contributed by atoms with Gasteiger partial charge in [0.1, 0.15) is 0 Å². The van der Waals surface area contributed by atoms with Crippen molar-refractivity contribution < 1.29 is 0 Å². The van der Waals surface area contributed by atoms with Gasteiger partial charge in [-0.3, -0.25) is 0 Å². The number of anilines is 2. The van der Waals surface area contributed by atoms with Gasteiger partial charge in [0.2, 0.25) is 0 Å². The fourth-order valence-corrected chi connectivity index (χ4v) is 4.23. The monoisotopic (exact) mass is 404 g/mol. The van der Waals surface area contributed by atoms with Crippen LogP contribution >= 0.6 is 12.2 Å². The standard InChI is InChI=1S/C24H28N4S/c1-27(2)19-10-5-16(6-11-19)15-18-9-14-21-22(25-24(29)26-23(18)21)17-7-12-20(13-8-17)28(3)4/h5-8,10-13,15,22H,9,14H2,1-4H3,(H2,25,26,29)/b18-15+. The third-order valence-electron chi connectivity index (χ3n) is 5.66. The lowest BCUT2D eigenvalue weighted by Gasteiger charge is -2.29. The van der Waals surface area contributed by atoms with E-state index >= 15 is 0 Å². The van der Waals surface area contributed by atoms with Gasteiger partial charge < -0.3 is 20.4 Å². The van der Waals surface area contributed by atoms with E-state index < -0.39 is 0 Å². The van der Waals surface area contributed by atoms with E-state index in [1.807, 2.05) is 0 Å². The van der Waals surface area contributed by atoms with Gasteiger partial charge in [0.05, 0.1) is 6.04 Å². The number of nitrogens with zero attached hydrogens (tertiary/aromatic N) is 2. The molecule has 5 heteroatoms. The van der Waals surface area contributed by atoms with Crippen molar-refractivity contribution in [3.63, 3.8) is 0 Å². The molecule has 1 aliphatic carbocycles. The van der Waals surface area contributed by atoms with Crippen LogP contribution in [0.15, 0.2) is 65.4 Å². The molecule has 2 aliphatic rings. The number of rotatable bonds is 4. The largest absolute Gasteiger partial charge is 0.378 e. The van der Waals surface area contributed by atoms with Crippen LogP contribution in [-0.4, -0.2) is 33.3 Å². The highest BCUT2D eigenvalue weighted by Crippen LogP contribution is 2.40. The topological polar surface area (TPSA) is 30.5 Å². The summed E-state index contributed by atoms with van der Waals surface area (Å²) < 4.78 is 0. The maximum absolute atomic E-state index is 5.54. The highest BCUT2D eigenvalue weighted by molar-refractivity contribution is 7.80. The Kier molecular flexibility index (Phi) is 5.33. The van der Waals surface area contributed by atoms with E-state index in [-0.39, 0.29) is 6.04 Å². The van der Waals surface area contributed by atoms with Gasteiger partial charge in [-0.1, -0.05) is 24.3 Å². The van der Waals surface area contributed by atoms with Crippen molar-refractivity contribution in [1.82, 2.24) is 10.6 Å². The summed E-state index contributed by atoms with van der Waals surface area (Å²) in [6.07, 6.45) is 4.36. The Bertz CT molecular complexity index is 969. The van der Waals surface area contributed by atoms with E-state index in [4.69, 9.17) is 12.2 Å². The van der Waals surface area contributed by atoms with Crippen LogP contribution in [0.25, 0.3) is 6.08 Å². The normalized spacial score (nSPS) is 19.7. The number of nitrogens with one attached hydrogen (secondary N) is 2. The van der Waals surface area contributed by atoms with E-state index in [2.05, 4.69) is 103 Å². The zero-order valence-corrected chi connectivity index (χ0v) is 18.3. The molecule has 0 fully saturated rings. The summed E-state index contributed by atoms with van der Waals surface area (Å²) >= 11 is 5.54. The van der Waals surface area contributed by atoms with E-state index in [9.17, 15) is 0 Å². The summed E-state index contributed by atoms with van der Waals surface area (Å²) in [7, 11) is 8.25. The summed E-state index contributed by atoms with van der Waals surface area (Å²) in [5, 5.41) is 7.59. The molecule has 0 saturated carbocycles. The second-order valence-electron chi connectivity index (χ2n) is 8.07. The summed E-state index contributed by atoms with van der Waals surface area (Å²) in [4.78, 5) is 4.24. The molecular formula is C24H28N4S. The number of hydrogen-bond acceptors (Lipinski definition) is 3. The molecular weight excluding hydrogens is 376 g/mol. The Morgan fingerprint density at radius 3 is 2.03 bits per heavy atom. The van der Waals surface area contributed by atoms with Gasteiger partial charge in [-0.15, -0.1) is 0 Å².